The Bertz CT molecular complexity index is 359. The number of nitriles is 1. The van der Waals surface area contributed by atoms with Gasteiger partial charge < -0.3 is 0 Å². The molecule has 0 unspecified atom stereocenters. The second-order valence-electron chi connectivity index (χ2n) is 3.66. The van der Waals surface area contributed by atoms with E-state index in [-0.39, 0.29) is 0 Å². The normalized spacial score (nSPS) is 16.3. The summed E-state index contributed by atoms with van der Waals surface area (Å²) in [5.41, 5.74) is 2.92. The van der Waals surface area contributed by atoms with Crippen molar-refractivity contribution in [1.82, 2.24) is 4.98 Å². The zero-order valence-corrected chi connectivity index (χ0v) is 7.75. The molecule has 66 valence electrons. The van der Waals surface area contributed by atoms with E-state index < -0.39 is 0 Å². The molecule has 0 amide bonds. The summed E-state index contributed by atoms with van der Waals surface area (Å²) in [6.07, 6.45) is 5.55. The van der Waals surface area contributed by atoms with E-state index in [4.69, 9.17) is 5.26 Å². The van der Waals surface area contributed by atoms with Gasteiger partial charge in [0.25, 0.3) is 0 Å². The monoisotopic (exact) mass is 172 g/mol. The van der Waals surface area contributed by atoms with Gasteiger partial charge in [0, 0.05) is 17.8 Å². The summed E-state index contributed by atoms with van der Waals surface area (Å²) in [6, 6.07) is 4.19. The summed E-state index contributed by atoms with van der Waals surface area (Å²) in [6.45, 7) is 1.97. The number of hydrogen-bond acceptors (Lipinski definition) is 2. The van der Waals surface area contributed by atoms with Crippen molar-refractivity contribution in [3.63, 3.8) is 0 Å². The smallest absolute Gasteiger partial charge is 0.101 e. The standard InChI is InChI=1S/C11H12N2/c1-8-5-11(9-3-2-4-9)13-7-10(8)6-12/h5,7,9H,2-4H2,1H3. The van der Waals surface area contributed by atoms with Gasteiger partial charge in [0.2, 0.25) is 0 Å². The van der Waals surface area contributed by atoms with Crippen molar-refractivity contribution in [3.05, 3.63) is 29.1 Å². The molecule has 0 spiro atoms. The molecule has 0 bridgehead atoms. The number of nitrogens with zero attached hydrogens (tertiary/aromatic N) is 2. The fourth-order valence-corrected chi connectivity index (χ4v) is 1.62. The Balaban J connectivity index is 2.30. The van der Waals surface area contributed by atoms with Gasteiger partial charge in [-0.3, -0.25) is 4.98 Å². The summed E-state index contributed by atoms with van der Waals surface area (Å²) in [7, 11) is 0. The topological polar surface area (TPSA) is 36.7 Å². The quantitative estimate of drug-likeness (QED) is 0.652. The molecule has 1 aromatic rings. The van der Waals surface area contributed by atoms with Crippen LogP contribution in [0.15, 0.2) is 12.3 Å². The first kappa shape index (κ1) is 8.25. The van der Waals surface area contributed by atoms with E-state index >= 15 is 0 Å². The van der Waals surface area contributed by atoms with Gasteiger partial charge in [-0.2, -0.15) is 5.26 Å². The summed E-state index contributed by atoms with van der Waals surface area (Å²) in [4.78, 5) is 4.31. The van der Waals surface area contributed by atoms with E-state index in [1.807, 2.05) is 6.92 Å². The Kier molecular flexibility index (Phi) is 2.02. The highest BCUT2D eigenvalue weighted by atomic mass is 14.7. The molecule has 2 rings (SSSR count). The number of pyridine rings is 1. The maximum atomic E-state index is 8.73. The largest absolute Gasteiger partial charge is 0.260 e. The zero-order valence-electron chi connectivity index (χ0n) is 7.75. The van der Waals surface area contributed by atoms with Crippen LogP contribution in [0.3, 0.4) is 0 Å². The summed E-state index contributed by atoms with van der Waals surface area (Å²) < 4.78 is 0. The number of aryl methyl sites for hydroxylation is 1. The Morgan fingerprint density at radius 3 is 2.77 bits per heavy atom. The van der Waals surface area contributed by atoms with E-state index in [2.05, 4.69) is 17.1 Å². The zero-order chi connectivity index (χ0) is 9.26. The first-order valence-corrected chi connectivity index (χ1v) is 4.68. The predicted molar refractivity (Wildman–Crippen MR) is 50.3 cm³/mol. The van der Waals surface area contributed by atoms with Crippen molar-refractivity contribution in [2.75, 3.05) is 0 Å². The summed E-state index contributed by atoms with van der Waals surface area (Å²) in [5.74, 6) is 0.659. The second-order valence-corrected chi connectivity index (χ2v) is 3.66. The summed E-state index contributed by atoms with van der Waals surface area (Å²) >= 11 is 0. The minimum absolute atomic E-state index is 0.659. The third kappa shape index (κ3) is 1.42. The number of rotatable bonds is 1. The molecule has 2 heteroatoms. The minimum Gasteiger partial charge on any atom is -0.260 e. The van der Waals surface area contributed by atoms with E-state index in [1.54, 1.807) is 6.20 Å². The van der Waals surface area contributed by atoms with Crippen LogP contribution in [0.4, 0.5) is 0 Å². The van der Waals surface area contributed by atoms with Crippen molar-refractivity contribution >= 4 is 0 Å². The molecule has 1 saturated carbocycles. The molecule has 13 heavy (non-hydrogen) atoms. The fraction of sp³-hybridized carbons (Fsp3) is 0.455. The molecular formula is C11H12N2. The molecule has 1 aromatic heterocycles. The Labute approximate surface area is 78.2 Å². The Morgan fingerprint density at radius 2 is 2.31 bits per heavy atom. The van der Waals surface area contributed by atoms with Gasteiger partial charge in [-0.05, 0) is 31.4 Å². The van der Waals surface area contributed by atoms with Crippen molar-refractivity contribution in [3.8, 4) is 6.07 Å². The van der Waals surface area contributed by atoms with Gasteiger partial charge in [0.1, 0.15) is 6.07 Å². The summed E-state index contributed by atoms with van der Waals surface area (Å²) in [5, 5.41) is 8.73. The average Bonchev–Trinajstić information content (AvgIpc) is 2.01. The molecule has 0 aliphatic heterocycles. The third-order valence-corrected chi connectivity index (χ3v) is 2.78. The molecule has 0 radical (unpaired) electrons. The lowest BCUT2D eigenvalue weighted by molar-refractivity contribution is 0.411. The first-order chi connectivity index (χ1) is 6.31. The minimum atomic E-state index is 0.659. The van der Waals surface area contributed by atoms with Crippen LogP contribution in [-0.2, 0) is 0 Å². The lowest BCUT2D eigenvalue weighted by atomic mass is 9.82. The van der Waals surface area contributed by atoms with E-state index in [1.165, 1.54) is 25.0 Å². The highest BCUT2D eigenvalue weighted by Gasteiger charge is 2.20. The van der Waals surface area contributed by atoms with Crippen LogP contribution in [0.2, 0.25) is 0 Å². The molecule has 0 aromatic carbocycles. The SMILES string of the molecule is Cc1cc(C2CCC2)ncc1C#N. The molecule has 0 saturated heterocycles. The molecule has 1 heterocycles. The maximum absolute atomic E-state index is 8.73. The Hall–Kier alpha value is -1.36. The highest BCUT2D eigenvalue weighted by Crippen LogP contribution is 2.35. The van der Waals surface area contributed by atoms with Gasteiger partial charge >= 0.3 is 0 Å². The van der Waals surface area contributed by atoms with Crippen molar-refractivity contribution in [1.29, 1.82) is 5.26 Å². The van der Waals surface area contributed by atoms with Gasteiger partial charge in [-0.1, -0.05) is 6.42 Å². The molecule has 1 aliphatic rings. The van der Waals surface area contributed by atoms with E-state index in [0.717, 1.165) is 5.56 Å². The highest BCUT2D eigenvalue weighted by molar-refractivity contribution is 5.36. The average molecular weight is 172 g/mol. The van der Waals surface area contributed by atoms with Crippen LogP contribution in [0, 0.1) is 18.3 Å². The molecule has 1 aliphatic carbocycles. The molecule has 1 fully saturated rings. The molecule has 0 N–H and O–H groups in total. The van der Waals surface area contributed by atoms with Crippen LogP contribution >= 0.6 is 0 Å². The van der Waals surface area contributed by atoms with Crippen LogP contribution in [0.25, 0.3) is 0 Å². The van der Waals surface area contributed by atoms with Gasteiger partial charge in [-0.25, -0.2) is 0 Å². The van der Waals surface area contributed by atoms with Crippen LogP contribution < -0.4 is 0 Å². The predicted octanol–water partition coefficient (Wildman–Crippen LogP) is 2.53. The second kappa shape index (κ2) is 3.18. The van der Waals surface area contributed by atoms with Crippen molar-refractivity contribution < 1.29 is 0 Å². The number of aromatic nitrogens is 1. The molecule has 0 atom stereocenters. The van der Waals surface area contributed by atoms with Crippen molar-refractivity contribution in [2.24, 2.45) is 0 Å². The van der Waals surface area contributed by atoms with Gasteiger partial charge in [-0.15, -0.1) is 0 Å². The molecular weight excluding hydrogens is 160 g/mol. The number of hydrogen-bond donors (Lipinski definition) is 0. The van der Waals surface area contributed by atoms with Crippen molar-refractivity contribution in [2.45, 2.75) is 32.1 Å². The van der Waals surface area contributed by atoms with E-state index in [9.17, 15) is 0 Å². The van der Waals surface area contributed by atoms with Crippen LogP contribution in [0.5, 0.6) is 0 Å². The van der Waals surface area contributed by atoms with E-state index in [0.29, 0.717) is 11.5 Å². The first-order valence-electron chi connectivity index (χ1n) is 4.68. The molecule has 2 nitrogen and oxygen atoms in total. The van der Waals surface area contributed by atoms with Gasteiger partial charge in [0.05, 0.1) is 5.56 Å². The lowest BCUT2D eigenvalue weighted by Crippen LogP contribution is -2.10. The van der Waals surface area contributed by atoms with Crippen LogP contribution in [0.1, 0.15) is 42.0 Å². The lowest BCUT2D eigenvalue weighted by Gasteiger charge is -2.24. The fourth-order valence-electron chi connectivity index (χ4n) is 1.62. The van der Waals surface area contributed by atoms with Crippen LogP contribution in [-0.4, -0.2) is 4.98 Å². The maximum Gasteiger partial charge on any atom is 0.101 e. The van der Waals surface area contributed by atoms with Gasteiger partial charge in [0.15, 0.2) is 0 Å². The third-order valence-electron chi connectivity index (χ3n) is 2.78. The Morgan fingerprint density at radius 1 is 1.54 bits per heavy atom.